The third kappa shape index (κ3) is 3.00. The number of hydrogen-bond donors (Lipinski definition) is 0. The third-order valence-electron chi connectivity index (χ3n) is 3.99. The van der Waals surface area contributed by atoms with Gasteiger partial charge in [-0.1, -0.05) is 47.7 Å². The lowest BCUT2D eigenvalue weighted by atomic mass is 10.1. The highest BCUT2D eigenvalue weighted by Gasteiger charge is 2.37. The van der Waals surface area contributed by atoms with Crippen molar-refractivity contribution < 1.29 is 19.1 Å². The molecule has 0 unspecified atom stereocenters. The predicted octanol–water partition coefficient (Wildman–Crippen LogP) is 3.77. The first-order chi connectivity index (χ1) is 12.5. The van der Waals surface area contributed by atoms with Gasteiger partial charge in [-0.05, 0) is 42.8 Å². The number of imide groups is 1. The predicted molar refractivity (Wildman–Crippen MR) is 103 cm³/mol. The summed E-state index contributed by atoms with van der Waals surface area (Å²) in [5.74, 6) is 0.471. The molecule has 0 N–H and O–H groups in total. The van der Waals surface area contributed by atoms with Gasteiger partial charge in [-0.25, -0.2) is 4.90 Å². The van der Waals surface area contributed by atoms with E-state index in [0.717, 1.165) is 27.8 Å². The van der Waals surface area contributed by atoms with Crippen molar-refractivity contribution in [3.05, 3.63) is 64.1 Å². The fourth-order valence-corrected chi connectivity index (χ4v) is 3.88. The topological polar surface area (TPSA) is 55.8 Å². The average Bonchev–Trinajstić information content (AvgIpc) is 3.19. The zero-order valence-corrected chi connectivity index (χ0v) is 15.4. The van der Waals surface area contributed by atoms with Crippen LogP contribution in [0.15, 0.2) is 47.4 Å². The van der Waals surface area contributed by atoms with Gasteiger partial charge < -0.3 is 9.47 Å². The maximum absolute atomic E-state index is 12.7. The number of thiocarbonyl (C=S) groups is 1. The van der Waals surface area contributed by atoms with Crippen molar-refractivity contribution in [1.29, 1.82) is 0 Å². The van der Waals surface area contributed by atoms with Crippen LogP contribution in [-0.2, 0) is 4.79 Å². The molecule has 0 saturated carbocycles. The summed E-state index contributed by atoms with van der Waals surface area (Å²) in [4.78, 5) is 26.8. The van der Waals surface area contributed by atoms with E-state index in [1.54, 1.807) is 30.3 Å². The molecule has 1 saturated heterocycles. The molecule has 26 heavy (non-hydrogen) atoms. The Labute approximate surface area is 159 Å². The molecular formula is C19H13NO4S2. The summed E-state index contributed by atoms with van der Waals surface area (Å²) < 4.78 is 10.9. The molecule has 2 aromatic rings. The van der Waals surface area contributed by atoms with Crippen molar-refractivity contribution in [1.82, 2.24) is 4.90 Å². The Morgan fingerprint density at radius 3 is 2.65 bits per heavy atom. The summed E-state index contributed by atoms with van der Waals surface area (Å²) in [5.41, 5.74) is 2.24. The Kier molecular flexibility index (Phi) is 4.26. The van der Waals surface area contributed by atoms with E-state index in [0.29, 0.717) is 22.0 Å². The second-order valence-electron chi connectivity index (χ2n) is 5.80. The van der Waals surface area contributed by atoms with E-state index < -0.39 is 11.8 Å². The fraction of sp³-hybridized carbons (Fsp3) is 0.105. The highest BCUT2D eigenvalue weighted by atomic mass is 32.2. The number of hydrogen-bond acceptors (Lipinski definition) is 6. The molecular weight excluding hydrogens is 370 g/mol. The standard InChI is InChI=1S/C19H13NO4S2/c1-11-2-5-13(6-3-11)17(21)20-18(22)16(26-19(20)25)9-12-4-7-14-15(8-12)24-10-23-14/h2-9H,10H2,1H3. The van der Waals surface area contributed by atoms with Crippen LogP contribution in [0.1, 0.15) is 21.5 Å². The van der Waals surface area contributed by atoms with Crippen LogP contribution in [0.5, 0.6) is 11.5 Å². The number of amides is 2. The Morgan fingerprint density at radius 1 is 1.15 bits per heavy atom. The van der Waals surface area contributed by atoms with Crippen LogP contribution in [0, 0.1) is 6.92 Å². The van der Waals surface area contributed by atoms with Gasteiger partial charge in [-0.2, -0.15) is 0 Å². The van der Waals surface area contributed by atoms with Gasteiger partial charge in [0, 0.05) is 5.56 Å². The minimum Gasteiger partial charge on any atom is -0.454 e. The number of nitrogens with zero attached hydrogens (tertiary/aromatic N) is 1. The molecule has 2 heterocycles. The van der Waals surface area contributed by atoms with Gasteiger partial charge in [0.05, 0.1) is 4.91 Å². The van der Waals surface area contributed by atoms with E-state index in [4.69, 9.17) is 21.7 Å². The van der Waals surface area contributed by atoms with Gasteiger partial charge in [0.15, 0.2) is 15.8 Å². The first-order valence-corrected chi connectivity index (χ1v) is 9.04. The maximum atomic E-state index is 12.7. The van der Waals surface area contributed by atoms with Crippen molar-refractivity contribution >= 4 is 46.2 Å². The Morgan fingerprint density at radius 2 is 1.88 bits per heavy atom. The maximum Gasteiger partial charge on any atom is 0.273 e. The van der Waals surface area contributed by atoms with Crippen molar-refractivity contribution in [3.8, 4) is 11.5 Å². The number of carbonyl (C=O) groups excluding carboxylic acids is 2. The smallest absolute Gasteiger partial charge is 0.273 e. The Balaban J connectivity index is 1.60. The minimum atomic E-state index is -0.415. The summed E-state index contributed by atoms with van der Waals surface area (Å²) in [7, 11) is 0. The van der Waals surface area contributed by atoms with Crippen molar-refractivity contribution in [2.45, 2.75) is 6.92 Å². The van der Waals surface area contributed by atoms with Gasteiger partial charge in [0.25, 0.3) is 11.8 Å². The van der Waals surface area contributed by atoms with Crippen LogP contribution in [0.3, 0.4) is 0 Å². The van der Waals surface area contributed by atoms with Gasteiger partial charge in [-0.3, -0.25) is 9.59 Å². The summed E-state index contributed by atoms with van der Waals surface area (Å²) in [6.07, 6.45) is 1.70. The first-order valence-electron chi connectivity index (χ1n) is 7.81. The van der Waals surface area contributed by atoms with Gasteiger partial charge in [0.2, 0.25) is 6.79 Å². The number of carbonyl (C=O) groups is 2. The van der Waals surface area contributed by atoms with E-state index in [9.17, 15) is 9.59 Å². The van der Waals surface area contributed by atoms with Crippen LogP contribution in [-0.4, -0.2) is 27.8 Å². The number of aryl methyl sites for hydroxylation is 1. The quantitative estimate of drug-likeness (QED) is 0.447. The van der Waals surface area contributed by atoms with Gasteiger partial charge >= 0.3 is 0 Å². The highest BCUT2D eigenvalue weighted by molar-refractivity contribution is 8.26. The molecule has 4 rings (SSSR count). The zero-order valence-electron chi connectivity index (χ0n) is 13.7. The summed E-state index contributed by atoms with van der Waals surface area (Å²) in [6.45, 7) is 2.12. The molecule has 5 nitrogen and oxygen atoms in total. The lowest BCUT2D eigenvalue weighted by Gasteiger charge is -2.12. The van der Waals surface area contributed by atoms with E-state index in [-0.39, 0.29) is 11.1 Å². The summed E-state index contributed by atoms with van der Waals surface area (Å²) in [5, 5.41) is 0. The van der Waals surface area contributed by atoms with Gasteiger partial charge in [-0.15, -0.1) is 0 Å². The molecule has 1 fully saturated rings. The number of benzene rings is 2. The molecule has 2 aromatic carbocycles. The number of rotatable bonds is 2. The van der Waals surface area contributed by atoms with Crippen LogP contribution in [0.4, 0.5) is 0 Å². The minimum absolute atomic E-state index is 0.186. The lowest BCUT2D eigenvalue weighted by molar-refractivity contribution is -0.120. The molecule has 0 bridgehead atoms. The lowest BCUT2D eigenvalue weighted by Crippen LogP contribution is -2.34. The highest BCUT2D eigenvalue weighted by Crippen LogP contribution is 2.36. The molecule has 2 aliphatic rings. The molecule has 130 valence electrons. The fourth-order valence-electron chi connectivity index (χ4n) is 2.62. The average molecular weight is 383 g/mol. The van der Waals surface area contributed by atoms with Crippen LogP contribution < -0.4 is 9.47 Å². The van der Waals surface area contributed by atoms with E-state index in [1.165, 1.54) is 0 Å². The Bertz CT molecular complexity index is 966. The van der Waals surface area contributed by atoms with Crippen molar-refractivity contribution in [2.75, 3.05) is 6.79 Å². The molecule has 7 heteroatoms. The number of ether oxygens (including phenoxy) is 2. The first kappa shape index (κ1) is 16.8. The van der Waals surface area contributed by atoms with Crippen LogP contribution in [0.2, 0.25) is 0 Å². The zero-order chi connectivity index (χ0) is 18.3. The second kappa shape index (κ2) is 6.59. The largest absolute Gasteiger partial charge is 0.454 e. The molecule has 0 aliphatic carbocycles. The van der Waals surface area contributed by atoms with E-state index >= 15 is 0 Å². The third-order valence-corrected chi connectivity index (χ3v) is 5.29. The summed E-state index contributed by atoms with van der Waals surface area (Å²) in [6, 6.07) is 12.4. The van der Waals surface area contributed by atoms with Crippen LogP contribution >= 0.6 is 24.0 Å². The van der Waals surface area contributed by atoms with E-state index in [2.05, 4.69) is 0 Å². The molecule has 2 aliphatic heterocycles. The molecule has 2 amide bonds. The molecule has 0 atom stereocenters. The number of fused-ring (bicyclic) bond motifs is 1. The number of thioether (sulfide) groups is 1. The van der Waals surface area contributed by atoms with Gasteiger partial charge in [0.1, 0.15) is 0 Å². The summed E-state index contributed by atoms with van der Waals surface area (Å²) >= 11 is 6.37. The monoisotopic (exact) mass is 383 g/mol. The van der Waals surface area contributed by atoms with Crippen LogP contribution in [0.25, 0.3) is 6.08 Å². The normalized spacial score (nSPS) is 17.3. The SMILES string of the molecule is Cc1ccc(C(=O)N2C(=O)C(=Cc3ccc4c(c3)OCO4)SC2=S)cc1. The van der Waals surface area contributed by atoms with E-state index in [1.807, 2.05) is 25.1 Å². The van der Waals surface area contributed by atoms with Crippen molar-refractivity contribution in [3.63, 3.8) is 0 Å². The molecule has 0 radical (unpaired) electrons. The van der Waals surface area contributed by atoms with Crippen molar-refractivity contribution in [2.24, 2.45) is 0 Å². The Hall–Kier alpha value is -2.64. The molecule has 0 spiro atoms. The molecule has 0 aromatic heterocycles. The second-order valence-corrected chi connectivity index (χ2v) is 7.48.